The molecule has 0 aliphatic rings. The largest absolute Gasteiger partial charge is 0.319 e. The minimum Gasteiger partial charge on any atom is -0.319 e. The van der Waals surface area contributed by atoms with Crippen LogP contribution < -0.4 is 5.32 Å². The topological polar surface area (TPSA) is 42.7 Å². The maximum absolute atomic E-state index is 4.46. The summed E-state index contributed by atoms with van der Waals surface area (Å²) in [6.45, 7) is 2.97. The minimum absolute atomic E-state index is 0.959. The first-order valence-electron chi connectivity index (χ1n) is 5.15. The Morgan fingerprint density at radius 2 is 2.27 bits per heavy atom. The Morgan fingerprint density at radius 3 is 3.00 bits per heavy atom. The predicted octanol–water partition coefficient (Wildman–Crippen LogP) is 1.04. The third kappa shape index (κ3) is 1.85. The molecule has 0 saturated heterocycles. The number of hydrogen-bond donors (Lipinski definition) is 1. The Bertz CT molecular complexity index is 473. The molecule has 0 radical (unpaired) electrons. The lowest BCUT2D eigenvalue weighted by atomic mass is 10.2. The number of imidazole rings is 1. The van der Waals surface area contributed by atoms with Gasteiger partial charge < -0.3 is 9.88 Å². The molecule has 0 amide bonds. The van der Waals surface area contributed by atoms with Gasteiger partial charge >= 0.3 is 0 Å². The smallest absolute Gasteiger partial charge is 0.159 e. The Labute approximate surface area is 89.3 Å². The number of aromatic nitrogens is 3. The lowest BCUT2D eigenvalue weighted by molar-refractivity contribution is 0.790. The van der Waals surface area contributed by atoms with E-state index in [0.29, 0.717) is 0 Å². The molecule has 2 rings (SSSR count). The van der Waals surface area contributed by atoms with Gasteiger partial charge in [-0.05, 0) is 38.6 Å². The monoisotopic (exact) mass is 204 g/mol. The average molecular weight is 204 g/mol. The second kappa shape index (κ2) is 3.98. The normalized spacial score (nSPS) is 11.1. The summed E-state index contributed by atoms with van der Waals surface area (Å²) < 4.78 is 2.01. The summed E-state index contributed by atoms with van der Waals surface area (Å²) >= 11 is 0. The Hall–Kier alpha value is -1.42. The summed E-state index contributed by atoms with van der Waals surface area (Å²) in [4.78, 5) is 8.89. The molecule has 0 unspecified atom stereocenters. The van der Waals surface area contributed by atoms with Crippen molar-refractivity contribution in [1.82, 2.24) is 19.9 Å². The van der Waals surface area contributed by atoms with Crippen LogP contribution in [0.25, 0.3) is 11.2 Å². The van der Waals surface area contributed by atoms with Gasteiger partial charge in [-0.2, -0.15) is 0 Å². The molecule has 0 aromatic carbocycles. The van der Waals surface area contributed by atoms with Crippen LogP contribution in [0.15, 0.2) is 12.3 Å². The molecule has 0 aliphatic carbocycles. The predicted molar refractivity (Wildman–Crippen MR) is 60.9 cm³/mol. The molecule has 1 N–H and O–H groups in total. The molecule has 0 atom stereocenters. The molecule has 2 heterocycles. The fraction of sp³-hybridized carbons (Fsp3) is 0.455. The second-order valence-corrected chi connectivity index (χ2v) is 3.76. The Balaban J connectivity index is 2.39. The van der Waals surface area contributed by atoms with Crippen molar-refractivity contribution < 1.29 is 0 Å². The van der Waals surface area contributed by atoms with Gasteiger partial charge in [0, 0.05) is 13.2 Å². The summed E-state index contributed by atoms with van der Waals surface area (Å²) in [7, 11) is 3.95. The molecular formula is C11H16N4. The highest BCUT2D eigenvalue weighted by Crippen LogP contribution is 2.13. The van der Waals surface area contributed by atoms with Crippen molar-refractivity contribution in [1.29, 1.82) is 0 Å². The highest BCUT2D eigenvalue weighted by molar-refractivity contribution is 5.71. The van der Waals surface area contributed by atoms with E-state index in [1.165, 1.54) is 5.56 Å². The molecule has 4 heteroatoms. The number of aryl methyl sites for hydroxylation is 2. The zero-order valence-electron chi connectivity index (χ0n) is 9.41. The van der Waals surface area contributed by atoms with Gasteiger partial charge in [0.05, 0.1) is 0 Å². The van der Waals surface area contributed by atoms with E-state index in [1.807, 2.05) is 31.8 Å². The van der Waals surface area contributed by atoms with Gasteiger partial charge in [0.2, 0.25) is 0 Å². The van der Waals surface area contributed by atoms with E-state index in [1.54, 1.807) is 0 Å². The van der Waals surface area contributed by atoms with Gasteiger partial charge in [-0.15, -0.1) is 0 Å². The van der Waals surface area contributed by atoms with Crippen LogP contribution in [-0.4, -0.2) is 28.1 Å². The number of likely N-dealkylation sites (N-methyl/N-ethyl adjacent to an activating group) is 1. The summed E-state index contributed by atoms with van der Waals surface area (Å²) in [6, 6.07) is 2.12. The molecule has 4 nitrogen and oxygen atoms in total. The summed E-state index contributed by atoms with van der Waals surface area (Å²) in [5.41, 5.74) is 3.18. The SMILES string of the molecule is CNCCc1cnc2c(c1)nc(C)n2C. The third-order valence-electron chi connectivity index (χ3n) is 2.65. The van der Waals surface area contributed by atoms with Crippen LogP contribution in [0.3, 0.4) is 0 Å². The van der Waals surface area contributed by atoms with Crippen LogP contribution in [0.2, 0.25) is 0 Å². The molecule has 0 aliphatic heterocycles. The molecule has 0 saturated carbocycles. The molecular weight excluding hydrogens is 188 g/mol. The van der Waals surface area contributed by atoms with Crippen molar-refractivity contribution in [2.24, 2.45) is 7.05 Å². The summed E-state index contributed by atoms with van der Waals surface area (Å²) in [5.74, 6) is 1.00. The van der Waals surface area contributed by atoms with Crippen LogP contribution in [0.1, 0.15) is 11.4 Å². The van der Waals surface area contributed by atoms with E-state index in [2.05, 4.69) is 21.4 Å². The van der Waals surface area contributed by atoms with Gasteiger partial charge in [-0.3, -0.25) is 0 Å². The lowest BCUT2D eigenvalue weighted by Gasteiger charge is -2.00. The van der Waals surface area contributed by atoms with Crippen LogP contribution >= 0.6 is 0 Å². The van der Waals surface area contributed by atoms with Gasteiger partial charge in [-0.1, -0.05) is 0 Å². The highest BCUT2D eigenvalue weighted by Gasteiger charge is 2.05. The van der Waals surface area contributed by atoms with E-state index in [4.69, 9.17) is 0 Å². The highest BCUT2D eigenvalue weighted by atomic mass is 15.1. The fourth-order valence-corrected chi connectivity index (χ4v) is 1.64. The molecule has 0 spiro atoms. The Morgan fingerprint density at radius 1 is 1.47 bits per heavy atom. The maximum Gasteiger partial charge on any atom is 0.159 e. The molecule has 2 aromatic heterocycles. The van der Waals surface area contributed by atoms with Gasteiger partial charge in [0.1, 0.15) is 11.3 Å². The van der Waals surface area contributed by atoms with Gasteiger partial charge in [0.15, 0.2) is 5.65 Å². The summed E-state index contributed by atoms with van der Waals surface area (Å²) in [6.07, 6.45) is 2.93. The lowest BCUT2D eigenvalue weighted by Crippen LogP contribution is -2.10. The first-order chi connectivity index (χ1) is 7.22. The van der Waals surface area contributed by atoms with E-state index in [9.17, 15) is 0 Å². The quantitative estimate of drug-likeness (QED) is 0.812. The molecule has 15 heavy (non-hydrogen) atoms. The van der Waals surface area contributed by atoms with Gasteiger partial charge in [0.25, 0.3) is 0 Å². The first kappa shape index (κ1) is 10.1. The van der Waals surface area contributed by atoms with Crippen molar-refractivity contribution in [3.8, 4) is 0 Å². The van der Waals surface area contributed by atoms with Crippen LogP contribution in [0, 0.1) is 6.92 Å². The molecule has 0 fully saturated rings. The number of rotatable bonds is 3. The summed E-state index contributed by atoms with van der Waals surface area (Å²) in [5, 5.41) is 3.13. The third-order valence-corrected chi connectivity index (χ3v) is 2.65. The van der Waals surface area contributed by atoms with Gasteiger partial charge in [-0.25, -0.2) is 9.97 Å². The van der Waals surface area contributed by atoms with Crippen molar-refractivity contribution >= 4 is 11.2 Å². The van der Waals surface area contributed by atoms with Crippen molar-refractivity contribution in [3.05, 3.63) is 23.7 Å². The fourth-order valence-electron chi connectivity index (χ4n) is 1.64. The van der Waals surface area contributed by atoms with E-state index < -0.39 is 0 Å². The number of pyridine rings is 1. The van der Waals surface area contributed by atoms with Crippen LogP contribution in [0.5, 0.6) is 0 Å². The molecule has 80 valence electrons. The second-order valence-electron chi connectivity index (χ2n) is 3.76. The standard InChI is InChI=1S/C11H16N4/c1-8-14-10-6-9(4-5-12-2)7-13-11(10)15(8)3/h6-7,12H,4-5H2,1-3H3. The maximum atomic E-state index is 4.46. The number of nitrogens with zero attached hydrogens (tertiary/aromatic N) is 3. The van der Waals surface area contributed by atoms with Crippen molar-refractivity contribution in [2.75, 3.05) is 13.6 Å². The first-order valence-corrected chi connectivity index (χ1v) is 5.15. The zero-order chi connectivity index (χ0) is 10.8. The van der Waals surface area contributed by atoms with Crippen molar-refractivity contribution in [2.45, 2.75) is 13.3 Å². The molecule has 2 aromatic rings. The van der Waals surface area contributed by atoms with E-state index in [0.717, 1.165) is 30.0 Å². The molecule has 0 bridgehead atoms. The van der Waals surface area contributed by atoms with E-state index in [-0.39, 0.29) is 0 Å². The van der Waals surface area contributed by atoms with Crippen LogP contribution in [-0.2, 0) is 13.5 Å². The zero-order valence-corrected chi connectivity index (χ0v) is 9.41. The number of hydrogen-bond acceptors (Lipinski definition) is 3. The van der Waals surface area contributed by atoms with E-state index >= 15 is 0 Å². The number of fused-ring (bicyclic) bond motifs is 1. The number of nitrogens with one attached hydrogen (secondary N) is 1. The Kier molecular flexibility index (Phi) is 2.68. The average Bonchev–Trinajstić information content (AvgIpc) is 2.52. The van der Waals surface area contributed by atoms with Crippen molar-refractivity contribution in [3.63, 3.8) is 0 Å². The minimum atomic E-state index is 0.959. The van der Waals surface area contributed by atoms with Crippen LogP contribution in [0.4, 0.5) is 0 Å².